The van der Waals surface area contributed by atoms with Crippen molar-refractivity contribution in [3.05, 3.63) is 48.4 Å². The van der Waals surface area contributed by atoms with E-state index in [1.807, 2.05) is 38.1 Å². The number of carbonyl (C=O) groups excluding carboxylic acids is 1. The van der Waals surface area contributed by atoms with Crippen LogP contribution in [0.3, 0.4) is 0 Å². The van der Waals surface area contributed by atoms with Gasteiger partial charge in [0.2, 0.25) is 17.6 Å². The van der Waals surface area contributed by atoms with Gasteiger partial charge in [-0.05, 0) is 6.92 Å². The molecule has 8 heteroatoms. The summed E-state index contributed by atoms with van der Waals surface area (Å²) in [4.78, 5) is 20.3. The van der Waals surface area contributed by atoms with E-state index in [1.54, 1.807) is 11.0 Å². The molecule has 1 amide bonds. The van der Waals surface area contributed by atoms with Crippen molar-refractivity contribution in [1.82, 2.24) is 30.2 Å². The first-order chi connectivity index (χ1) is 12.1. The molecule has 0 aliphatic carbocycles. The highest BCUT2D eigenvalue weighted by molar-refractivity contribution is 5.78. The van der Waals surface area contributed by atoms with E-state index < -0.39 is 0 Å². The van der Waals surface area contributed by atoms with E-state index >= 15 is 0 Å². The van der Waals surface area contributed by atoms with E-state index in [9.17, 15) is 4.79 Å². The zero-order chi connectivity index (χ0) is 17.6. The second-order valence-electron chi connectivity index (χ2n) is 5.94. The molecule has 1 N–H and O–H groups in total. The lowest BCUT2D eigenvalue weighted by molar-refractivity contribution is -0.124. The van der Waals surface area contributed by atoms with Crippen LogP contribution in [0.1, 0.15) is 18.4 Å². The first-order valence-corrected chi connectivity index (χ1v) is 8.11. The topological polar surface area (TPSA) is 98.7 Å². The Balaban J connectivity index is 1.47. The van der Waals surface area contributed by atoms with Gasteiger partial charge in [0.1, 0.15) is 12.7 Å². The van der Waals surface area contributed by atoms with Crippen LogP contribution in [0, 0.1) is 12.8 Å². The Morgan fingerprint density at radius 3 is 2.84 bits per heavy atom. The maximum Gasteiger partial charge on any atom is 0.228 e. The third kappa shape index (κ3) is 4.50. The van der Waals surface area contributed by atoms with Gasteiger partial charge in [0, 0.05) is 18.5 Å². The van der Waals surface area contributed by atoms with Gasteiger partial charge in [-0.1, -0.05) is 41.9 Å². The fourth-order valence-electron chi connectivity index (χ4n) is 2.33. The summed E-state index contributed by atoms with van der Waals surface area (Å²) in [6, 6.07) is 7.92. The van der Waals surface area contributed by atoms with Crippen LogP contribution in [0.25, 0.3) is 11.4 Å². The number of aryl methyl sites for hydroxylation is 1. The average molecular weight is 340 g/mol. The van der Waals surface area contributed by atoms with Crippen LogP contribution in [0.2, 0.25) is 0 Å². The lowest BCUT2D eigenvalue weighted by Gasteiger charge is -2.11. The first-order valence-electron chi connectivity index (χ1n) is 8.11. The van der Waals surface area contributed by atoms with Crippen LogP contribution in [-0.4, -0.2) is 37.4 Å². The van der Waals surface area contributed by atoms with Gasteiger partial charge in [0.15, 0.2) is 0 Å². The normalized spacial score (nSPS) is 12.1. The summed E-state index contributed by atoms with van der Waals surface area (Å²) in [5.41, 5.74) is 2.08. The van der Waals surface area contributed by atoms with Gasteiger partial charge in [-0.15, -0.1) is 0 Å². The lowest BCUT2D eigenvalue weighted by Crippen LogP contribution is -2.33. The molecule has 0 radical (unpaired) electrons. The molecule has 8 nitrogen and oxygen atoms in total. The fourth-order valence-corrected chi connectivity index (χ4v) is 2.33. The molecule has 0 aliphatic heterocycles. The molecule has 0 bridgehead atoms. The van der Waals surface area contributed by atoms with Crippen molar-refractivity contribution in [1.29, 1.82) is 0 Å². The van der Waals surface area contributed by atoms with Gasteiger partial charge in [-0.2, -0.15) is 10.1 Å². The molecule has 2 heterocycles. The number of hydrogen-bond acceptors (Lipinski definition) is 6. The number of aromatic nitrogens is 5. The Labute approximate surface area is 145 Å². The van der Waals surface area contributed by atoms with Gasteiger partial charge < -0.3 is 9.84 Å². The third-order valence-corrected chi connectivity index (χ3v) is 3.79. The van der Waals surface area contributed by atoms with Crippen molar-refractivity contribution in [2.24, 2.45) is 5.92 Å². The number of nitrogens with zero attached hydrogens (tertiary/aromatic N) is 5. The minimum Gasteiger partial charge on any atom is -0.355 e. The quantitative estimate of drug-likeness (QED) is 0.702. The van der Waals surface area contributed by atoms with Crippen molar-refractivity contribution >= 4 is 5.91 Å². The van der Waals surface area contributed by atoms with Crippen LogP contribution in [0.5, 0.6) is 0 Å². The van der Waals surface area contributed by atoms with E-state index in [0.29, 0.717) is 31.2 Å². The molecule has 0 aliphatic rings. The molecule has 130 valence electrons. The summed E-state index contributed by atoms with van der Waals surface area (Å²) in [6.07, 6.45) is 3.53. The molecule has 0 fully saturated rings. The van der Waals surface area contributed by atoms with Gasteiger partial charge >= 0.3 is 0 Å². The van der Waals surface area contributed by atoms with E-state index in [0.717, 1.165) is 5.56 Å². The second-order valence-corrected chi connectivity index (χ2v) is 5.94. The minimum atomic E-state index is -0.201. The van der Waals surface area contributed by atoms with Crippen LogP contribution in [-0.2, 0) is 17.8 Å². The Kier molecular flexibility index (Phi) is 5.17. The zero-order valence-electron chi connectivity index (χ0n) is 14.2. The van der Waals surface area contributed by atoms with Gasteiger partial charge in [-0.3, -0.25) is 9.48 Å². The van der Waals surface area contributed by atoms with E-state index in [4.69, 9.17) is 4.52 Å². The molecule has 0 saturated heterocycles. The number of rotatable bonds is 7. The van der Waals surface area contributed by atoms with Gasteiger partial charge in [0.25, 0.3) is 0 Å². The number of nitrogens with one attached hydrogen (secondary N) is 1. The molecule has 3 rings (SSSR count). The maximum atomic E-state index is 12.1. The molecule has 3 aromatic rings. The summed E-state index contributed by atoms with van der Waals surface area (Å²) < 4.78 is 6.88. The number of hydrogen-bond donors (Lipinski definition) is 1. The van der Waals surface area contributed by atoms with E-state index in [2.05, 4.69) is 25.5 Å². The largest absolute Gasteiger partial charge is 0.355 e. The van der Waals surface area contributed by atoms with Gasteiger partial charge in [-0.25, -0.2) is 4.98 Å². The minimum absolute atomic E-state index is 0.0474. The molecular weight excluding hydrogens is 320 g/mol. The molecule has 1 atom stereocenters. The van der Waals surface area contributed by atoms with Crippen LogP contribution >= 0.6 is 0 Å². The maximum absolute atomic E-state index is 12.1. The lowest BCUT2D eigenvalue weighted by atomic mass is 10.1. The average Bonchev–Trinajstić information content (AvgIpc) is 3.27. The molecule has 2 aromatic heterocycles. The summed E-state index contributed by atoms with van der Waals surface area (Å²) in [6.45, 7) is 4.80. The van der Waals surface area contributed by atoms with Crippen LogP contribution < -0.4 is 5.32 Å². The standard InChI is InChI=1S/C17H20N6O2/c1-12-3-5-14(6-4-12)16-21-15(25-22-16)7-8-19-17(24)13(2)9-23-11-18-10-20-23/h3-6,10-11,13H,7-9H2,1-2H3,(H,19,24). The third-order valence-electron chi connectivity index (χ3n) is 3.79. The van der Waals surface area contributed by atoms with Crippen molar-refractivity contribution in [2.45, 2.75) is 26.8 Å². The molecule has 0 spiro atoms. The van der Waals surface area contributed by atoms with Crippen molar-refractivity contribution in [3.8, 4) is 11.4 Å². The number of benzene rings is 1. The van der Waals surface area contributed by atoms with E-state index in [-0.39, 0.29) is 11.8 Å². The highest BCUT2D eigenvalue weighted by Crippen LogP contribution is 2.16. The van der Waals surface area contributed by atoms with Gasteiger partial charge in [0.05, 0.1) is 12.5 Å². The summed E-state index contributed by atoms with van der Waals surface area (Å²) in [5.74, 6) is 0.807. The highest BCUT2D eigenvalue weighted by atomic mass is 16.5. The summed E-state index contributed by atoms with van der Waals surface area (Å²) in [5, 5.41) is 10.8. The smallest absolute Gasteiger partial charge is 0.228 e. The molecular formula is C17H20N6O2. The van der Waals surface area contributed by atoms with Crippen molar-refractivity contribution in [2.75, 3.05) is 6.54 Å². The molecule has 1 unspecified atom stereocenters. The number of amides is 1. The predicted molar refractivity (Wildman–Crippen MR) is 90.4 cm³/mol. The van der Waals surface area contributed by atoms with Crippen LogP contribution in [0.4, 0.5) is 0 Å². The second kappa shape index (κ2) is 7.69. The SMILES string of the molecule is Cc1ccc(-c2noc(CCNC(=O)C(C)Cn3cncn3)n2)cc1. The Hall–Kier alpha value is -3.03. The highest BCUT2D eigenvalue weighted by Gasteiger charge is 2.14. The van der Waals surface area contributed by atoms with Crippen LogP contribution in [0.15, 0.2) is 41.4 Å². The molecule has 25 heavy (non-hydrogen) atoms. The fraction of sp³-hybridized carbons (Fsp3) is 0.353. The Bertz CT molecular complexity index is 810. The molecule has 0 saturated carbocycles. The zero-order valence-corrected chi connectivity index (χ0v) is 14.2. The predicted octanol–water partition coefficient (Wildman–Crippen LogP) is 1.63. The van der Waals surface area contributed by atoms with Crippen molar-refractivity contribution in [3.63, 3.8) is 0 Å². The molecule has 1 aromatic carbocycles. The Morgan fingerprint density at radius 2 is 2.12 bits per heavy atom. The summed E-state index contributed by atoms with van der Waals surface area (Å²) in [7, 11) is 0. The monoisotopic (exact) mass is 340 g/mol. The van der Waals surface area contributed by atoms with E-state index in [1.165, 1.54) is 11.9 Å². The first kappa shape index (κ1) is 16.8. The van der Waals surface area contributed by atoms with Crippen molar-refractivity contribution < 1.29 is 9.32 Å². The summed E-state index contributed by atoms with van der Waals surface area (Å²) >= 11 is 0. The Morgan fingerprint density at radius 1 is 1.32 bits per heavy atom. The number of carbonyl (C=O) groups is 1.